The molecule has 0 amide bonds. The molecule has 4 nitrogen and oxygen atoms in total. The molecule has 0 bridgehead atoms. The zero-order valence-corrected chi connectivity index (χ0v) is 12.5. The Balaban J connectivity index is 2.07. The summed E-state index contributed by atoms with van der Waals surface area (Å²) in [4.78, 5) is 4.28. The van der Waals surface area contributed by atoms with Gasteiger partial charge in [0.2, 0.25) is 0 Å². The van der Waals surface area contributed by atoms with Gasteiger partial charge in [0, 0.05) is 25.2 Å². The monoisotopic (exact) mass is 286 g/mol. The van der Waals surface area contributed by atoms with Gasteiger partial charge < -0.3 is 4.57 Å². The third kappa shape index (κ3) is 3.03. The Hall–Kier alpha value is -1.77. The van der Waals surface area contributed by atoms with Crippen molar-refractivity contribution < 1.29 is 0 Å². The van der Waals surface area contributed by atoms with E-state index in [0.29, 0.717) is 0 Å². The molecule has 2 rings (SSSR count). The van der Waals surface area contributed by atoms with Gasteiger partial charge in [0.1, 0.15) is 5.54 Å². The molecule has 2 aromatic rings. The van der Waals surface area contributed by atoms with Crippen molar-refractivity contribution in [1.82, 2.24) is 14.9 Å². The summed E-state index contributed by atoms with van der Waals surface area (Å²) in [5.41, 5.74) is 0.366. The van der Waals surface area contributed by atoms with Gasteiger partial charge in [0.05, 0.1) is 6.07 Å². The van der Waals surface area contributed by atoms with Gasteiger partial charge in [-0.2, -0.15) is 5.26 Å². The highest BCUT2D eigenvalue weighted by Crippen LogP contribution is 2.27. The number of aryl methyl sites for hydroxylation is 1. The molecule has 1 atom stereocenters. The summed E-state index contributed by atoms with van der Waals surface area (Å²) < 4.78 is 1.99. The van der Waals surface area contributed by atoms with Crippen molar-refractivity contribution in [3.8, 4) is 6.07 Å². The Labute approximate surface area is 123 Å². The zero-order valence-electron chi connectivity index (χ0n) is 11.7. The fourth-order valence-corrected chi connectivity index (χ4v) is 3.09. The molecule has 0 aliphatic rings. The van der Waals surface area contributed by atoms with Crippen molar-refractivity contribution in [2.75, 3.05) is 12.8 Å². The first-order valence-corrected chi connectivity index (χ1v) is 7.46. The number of aromatic nitrogens is 2. The van der Waals surface area contributed by atoms with Crippen LogP contribution in [-0.2, 0) is 12.6 Å². The number of nitrogens with one attached hydrogen (secondary N) is 1. The molecule has 0 radical (unpaired) electrons. The van der Waals surface area contributed by atoms with E-state index in [1.165, 1.54) is 0 Å². The molecule has 1 heterocycles. The molecule has 0 aliphatic carbocycles. The minimum Gasteiger partial charge on any atom is -0.329 e. The number of nitriles is 1. The molecule has 1 aromatic carbocycles. The summed E-state index contributed by atoms with van der Waals surface area (Å²) in [6.45, 7) is 0. The third-order valence-corrected chi connectivity index (χ3v) is 4.43. The fraction of sp³-hybridized carbons (Fsp3) is 0.333. The molecule has 104 valence electrons. The lowest BCUT2D eigenvalue weighted by atomic mass is 9.89. The number of rotatable bonds is 6. The first-order chi connectivity index (χ1) is 9.72. The molecule has 1 N–H and O–H groups in total. The predicted molar refractivity (Wildman–Crippen MR) is 81.3 cm³/mol. The van der Waals surface area contributed by atoms with Crippen molar-refractivity contribution in [1.29, 1.82) is 5.26 Å². The second kappa shape index (κ2) is 6.60. The lowest BCUT2D eigenvalue weighted by molar-refractivity contribution is 0.456. The maximum atomic E-state index is 9.60. The number of hydrogen-bond donors (Lipinski definition) is 1. The van der Waals surface area contributed by atoms with Gasteiger partial charge in [-0.25, -0.2) is 4.98 Å². The number of hydrogen-bond acceptors (Lipinski definition) is 4. The van der Waals surface area contributed by atoms with Crippen LogP contribution in [0.3, 0.4) is 0 Å². The van der Waals surface area contributed by atoms with Crippen LogP contribution in [0.2, 0.25) is 0 Å². The summed E-state index contributed by atoms with van der Waals surface area (Å²) in [6.07, 6.45) is 4.44. The molecule has 0 saturated heterocycles. The molecule has 0 aliphatic heterocycles. The Morgan fingerprint density at radius 1 is 1.40 bits per heavy atom. The maximum Gasteiger partial charge on any atom is 0.167 e. The van der Waals surface area contributed by atoms with Crippen LogP contribution in [0.5, 0.6) is 0 Å². The molecule has 1 aromatic heterocycles. The van der Waals surface area contributed by atoms with E-state index in [4.69, 9.17) is 0 Å². The van der Waals surface area contributed by atoms with Gasteiger partial charge in [-0.05, 0) is 19.0 Å². The van der Waals surface area contributed by atoms with Crippen molar-refractivity contribution in [2.24, 2.45) is 7.05 Å². The highest BCUT2D eigenvalue weighted by atomic mass is 32.2. The highest BCUT2D eigenvalue weighted by molar-refractivity contribution is 7.99. The summed E-state index contributed by atoms with van der Waals surface area (Å²) in [5, 5.41) is 13.7. The molecule has 0 fully saturated rings. The smallest absolute Gasteiger partial charge is 0.167 e. The Morgan fingerprint density at radius 3 is 2.70 bits per heavy atom. The topological polar surface area (TPSA) is 53.6 Å². The number of benzene rings is 1. The minimum atomic E-state index is -0.639. The molecule has 5 heteroatoms. The third-order valence-electron chi connectivity index (χ3n) is 3.37. The van der Waals surface area contributed by atoms with Gasteiger partial charge >= 0.3 is 0 Å². The first kappa shape index (κ1) is 14.6. The van der Waals surface area contributed by atoms with Crippen LogP contribution in [-0.4, -0.2) is 22.4 Å². The highest BCUT2D eigenvalue weighted by Gasteiger charge is 2.29. The van der Waals surface area contributed by atoms with E-state index in [1.54, 1.807) is 18.0 Å². The Bertz CT molecular complexity index is 587. The molecule has 0 saturated carbocycles. The van der Waals surface area contributed by atoms with Crippen molar-refractivity contribution in [2.45, 2.75) is 17.1 Å². The minimum absolute atomic E-state index is 0.639. The largest absolute Gasteiger partial charge is 0.329 e. The van der Waals surface area contributed by atoms with Crippen LogP contribution in [0, 0.1) is 11.3 Å². The molecular weight excluding hydrogens is 268 g/mol. The summed E-state index contributed by atoms with van der Waals surface area (Å²) in [5.74, 6) is 0.828. The van der Waals surface area contributed by atoms with E-state index >= 15 is 0 Å². The van der Waals surface area contributed by atoms with Crippen molar-refractivity contribution >= 4 is 11.8 Å². The van der Waals surface area contributed by atoms with Crippen LogP contribution >= 0.6 is 11.8 Å². The second-order valence-electron chi connectivity index (χ2n) is 4.55. The summed E-state index contributed by atoms with van der Waals surface area (Å²) in [7, 11) is 3.81. The van der Waals surface area contributed by atoms with Crippen LogP contribution in [0.25, 0.3) is 0 Å². The number of thioether (sulfide) groups is 1. The zero-order chi connectivity index (χ0) is 14.4. The van der Waals surface area contributed by atoms with E-state index in [-0.39, 0.29) is 0 Å². The van der Waals surface area contributed by atoms with E-state index < -0.39 is 5.54 Å². The van der Waals surface area contributed by atoms with Gasteiger partial charge in [0.15, 0.2) is 5.16 Å². The molecular formula is C15H18N4S. The average molecular weight is 286 g/mol. The van der Waals surface area contributed by atoms with Crippen LogP contribution in [0.4, 0.5) is 0 Å². The summed E-state index contributed by atoms with van der Waals surface area (Å²) >= 11 is 1.67. The number of nitrogens with zero attached hydrogens (tertiary/aromatic N) is 3. The second-order valence-corrected chi connectivity index (χ2v) is 5.61. The quantitative estimate of drug-likeness (QED) is 0.829. The normalized spacial score (nSPS) is 13.7. The van der Waals surface area contributed by atoms with Crippen LogP contribution in [0.15, 0.2) is 47.9 Å². The Morgan fingerprint density at radius 2 is 2.15 bits per heavy atom. The van der Waals surface area contributed by atoms with E-state index in [9.17, 15) is 5.26 Å². The standard InChI is InChI=1S/C15H18N4S/c1-17-15(12-16,13-6-4-3-5-7-13)8-11-20-14-18-9-10-19(14)2/h3-7,9-10,17H,8,11H2,1-2H3. The van der Waals surface area contributed by atoms with Gasteiger partial charge in [0.25, 0.3) is 0 Å². The fourth-order valence-electron chi connectivity index (χ4n) is 2.10. The average Bonchev–Trinajstić information content (AvgIpc) is 2.90. The molecule has 20 heavy (non-hydrogen) atoms. The van der Waals surface area contributed by atoms with Crippen LogP contribution in [0.1, 0.15) is 12.0 Å². The lowest BCUT2D eigenvalue weighted by Gasteiger charge is -2.26. The van der Waals surface area contributed by atoms with Gasteiger partial charge in [-0.1, -0.05) is 42.1 Å². The predicted octanol–water partition coefficient (Wildman–Crippen LogP) is 2.54. The van der Waals surface area contributed by atoms with E-state index in [1.807, 2.05) is 55.2 Å². The van der Waals surface area contributed by atoms with E-state index in [0.717, 1.165) is 22.9 Å². The first-order valence-electron chi connectivity index (χ1n) is 6.47. The van der Waals surface area contributed by atoms with Crippen LogP contribution < -0.4 is 5.32 Å². The molecule has 1 unspecified atom stereocenters. The van der Waals surface area contributed by atoms with Gasteiger partial charge in [-0.15, -0.1) is 0 Å². The number of imidazole rings is 1. The summed E-state index contributed by atoms with van der Waals surface area (Å²) in [6, 6.07) is 12.3. The van der Waals surface area contributed by atoms with Gasteiger partial charge in [-0.3, -0.25) is 5.32 Å². The van der Waals surface area contributed by atoms with Crippen molar-refractivity contribution in [3.05, 3.63) is 48.3 Å². The van der Waals surface area contributed by atoms with Crippen molar-refractivity contribution in [3.63, 3.8) is 0 Å². The SMILES string of the molecule is CNC(C#N)(CCSc1nccn1C)c1ccccc1. The maximum absolute atomic E-state index is 9.60. The molecule has 0 spiro atoms. The van der Waals surface area contributed by atoms with E-state index in [2.05, 4.69) is 16.4 Å². The lowest BCUT2D eigenvalue weighted by Crippen LogP contribution is -2.39. The Kier molecular flexibility index (Phi) is 4.83.